The van der Waals surface area contributed by atoms with Crippen LogP contribution in [0, 0.1) is 0 Å². The molecule has 0 atom stereocenters. The van der Waals surface area contributed by atoms with Gasteiger partial charge in [0.15, 0.2) is 5.16 Å². The number of aromatic nitrogens is 2. The second-order valence-corrected chi connectivity index (χ2v) is 10.7. The van der Waals surface area contributed by atoms with E-state index in [0.717, 1.165) is 32.2 Å². The van der Waals surface area contributed by atoms with Gasteiger partial charge in [-0.05, 0) is 33.8 Å². The maximum atomic E-state index is 13.6. The lowest BCUT2D eigenvalue weighted by Gasteiger charge is -2.12. The molecule has 0 N–H and O–H groups in total. The van der Waals surface area contributed by atoms with Gasteiger partial charge in [-0.15, -0.1) is 29.3 Å². The fourth-order valence-corrected chi connectivity index (χ4v) is 7.09. The summed E-state index contributed by atoms with van der Waals surface area (Å²) in [5.41, 5.74) is 1.85. The van der Waals surface area contributed by atoms with Crippen LogP contribution in [-0.2, 0) is 12.3 Å². The summed E-state index contributed by atoms with van der Waals surface area (Å²) >= 11 is 4.52. The molecule has 0 bridgehead atoms. The van der Waals surface area contributed by atoms with Crippen molar-refractivity contribution >= 4 is 66.4 Å². The van der Waals surface area contributed by atoms with Crippen LogP contribution >= 0.6 is 34.4 Å². The zero-order valence-corrected chi connectivity index (χ0v) is 20.8. The van der Waals surface area contributed by atoms with Crippen molar-refractivity contribution in [2.45, 2.75) is 17.5 Å². The van der Waals surface area contributed by atoms with Crippen LogP contribution in [0.3, 0.4) is 0 Å². The summed E-state index contributed by atoms with van der Waals surface area (Å²) in [5.74, 6) is 0.467. The smallest absolute Gasteiger partial charge is 0.336 e. The molecule has 0 spiro atoms. The van der Waals surface area contributed by atoms with Crippen LogP contribution in [-0.4, -0.2) is 9.55 Å². The highest BCUT2D eigenvalue weighted by Gasteiger charge is 2.18. The fourth-order valence-electron chi connectivity index (χ4n) is 4.30. The average Bonchev–Trinajstić information content (AvgIpc) is 3.54. The molecule has 35 heavy (non-hydrogen) atoms. The van der Waals surface area contributed by atoms with Crippen LogP contribution in [0.25, 0.3) is 42.4 Å². The first-order valence-electron chi connectivity index (χ1n) is 10.9. The summed E-state index contributed by atoms with van der Waals surface area (Å²) in [6, 6.07) is 17.4. The van der Waals surface area contributed by atoms with Crippen molar-refractivity contribution in [2.75, 3.05) is 0 Å². The third kappa shape index (κ3) is 3.83. The van der Waals surface area contributed by atoms with E-state index in [-0.39, 0.29) is 5.56 Å². The summed E-state index contributed by atoms with van der Waals surface area (Å²) in [6.45, 7) is 4.19. The zero-order valence-electron chi connectivity index (χ0n) is 18.4. The van der Waals surface area contributed by atoms with Gasteiger partial charge in [0.1, 0.15) is 10.4 Å². The third-order valence-electron chi connectivity index (χ3n) is 5.83. The number of nitrogens with zero attached hydrogens (tertiary/aromatic N) is 2. The van der Waals surface area contributed by atoms with Crippen molar-refractivity contribution in [2.24, 2.45) is 0 Å². The summed E-state index contributed by atoms with van der Waals surface area (Å²) in [7, 11) is 0. The van der Waals surface area contributed by atoms with Gasteiger partial charge in [-0.25, -0.2) is 9.78 Å². The number of thioether (sulfide) groups is 1. The Morgan fingerprint density at radius 2 is 1.94 bits per heavy atom. The molecule has 0 radical (unpaired) electrons. The molecule has 172 valence electrons. The van der Waals surface area contributed by atoms with Crippen molar-refractivity contribution in [3.05, 3.63) is 104 Å². The largest absolute Gasteiger partial charge is 0.423 e. The molecule has 4 aromatic heterocycles. The number of hydrogen-bond donors (Lipinski definition) is 0. The molecule has 6 rings (SSSR count). The lowest BCUT2D eigenvalue weighted by molar-refractivity contribution is 0.560. The lowest BCUT2D eigenvalue weighted by Crippen LogP contribution is -2.22. The molecule has 2 aromatic carbocycles. The standard InChI is InChI=1S/C27H18N2O3S3/c1-2-11-29-26(31)24-19(21-8-5-12-33-21)15-34-25(24)28-27(29)35-14-17-13-22(30)32-20-10-9-16-6-3-4-7-18(16)23(17)20/h2-10,12-13,15H,1,11,14H2. The van der Waals surface area contributed by atoms with Crippen molar-refractivity contribution in [1.29, 1.82) is 0 Å². The number of benzene rings is 2. The normalized spacial score (nSPS) is 11.5. The van der Waals surface area contributed by atoms with Crippen molar-refractivity contribution in [1.82, 2.24) is 9.55 Å². The Hall–Kier alpha value is -3.46. The molecule has 0 amide bonds. The molecule has 0 aliphatic heterocycles. The molecule has 0 unspecified atom stereocenters. The minimum Gasteiger partial charge on any atom is -0.423 e. The highest BCUT2D eigenvalue weighted by atomic mass is 32.2. The molecule has 4 heterocycles. The number of fused-ring (bicyclic) bond motifs is 4. The lowest BCUT2D eigenvalue weighted by atomic mass is 10.0. The quantitative estimate of drug-likeness (QED) is 0.0793. The number of hydrogen-bond acceptors (Lipinski definition) is 7. The minimum absolute atomic E-state index is 0.0788. The van der Waals surface area contributed by atoms with E-state index < -0.39 is 5.63 Å². The Bertz CT molecular complexity index is 1850. The molecule has 5 nitrogen and oxygen atoms in total. The number of rotatable bonds is 6. The van der Waals surface area contributed by atoms with Crippen LogP contribution in [0.2, 0.25) is 0 Å². The molecule has 0 aliphatic carbocycles. The summed E-state index contributed by atoms with van der Waals surface area (Å²) in [4.78, 5) is 32.5. The maximum Gasteiger partial charge on any atom is 0.336 e. The van der Waals surface area contributed by atoms with Gasteiger partial charge in [0.05, 0.1) is 5.39 Å². The zero-order chi connectivity index (χ0) is 23.9. The van der Waals surface area contributed by atoms with E-state index >= 15 is 0 Å². The minimum atomic E-state index is -0.394. The highest BCUT2D eigenvalue weighted by molar-refractivity contribution is 7.98. The SMILES string of the molecule is C=CCn1c(SCc2cc(=O)oc3ccc4ccccc4c23)nc2scc(-c3cccs3)c2c1=O. The van der Waals surface area contributed by atoms with Crippen molar-refractivity contribution in [3.63, 3.8) is 0 Å². The third-order valence-corrected chi connectivity index (χ3v) is 8.63. The van der Waals surface area contributed by atoms with Gasteiger partial charge in [-0.3, -0.25) is 9.36 Å². The number of allylic oxidation sites excluding steroid dienone is 1. The molecule has 0 aliphatic rings. The summed E-state index contributed by atoms with van der Waals surface area (Å²) in [5, 5.41) is 8.25. The Labute approximate surface area is 212 Å². The summed E-state index contributed by atoms with van der Waals surface area (Å²) < 4.78 is 7.16. The maximum absolute atomic E-state index is 13.6. The Morgan fingerprint density at radius 1 is 1.06 bits per heavy atom. The second-order valence-electron chi connectivity index (χ2n) is 7.94. The van der Waals surface area contributed by atoms with E-state index in [1.54, 1.807) is 22.0 Å². The molecular formula is C27H18N2O3S3. The van der Waals surface area contributed by atoms with Gasteiger partial charge in [0.25, 0.3) is 5.56 Å². The topological polar surface area (TPSA) is 65.1 Å². The van der Waals surface area contributed by atoms with Gasteiger partial charge in [-0.2, -0.15) is 0 Å². The van der Waals surface area contributed by atoms with E-state index in [0.29, 0.717) is 33.3 Å². The average molecular weight is 515 g/mol. The fraction of sp³-hybridized carbons (Fsp3) is 0.0741. The first-order valence-corrected chi connectivity index (χ1v) is 13.6. The van der Waals surface area contributed by atoms with Crippen molar-refractivity contribution in [3.8, 4) is 10.4 Å². The van der Waals surface area contributed by atoms with E-state index in [1.165, 1.54) is 29.2 Å². The van der Waals surface area contributed by atoms with Gasteiger partial charge in [0, 0.05) is 39.6 Å². The van der Waals surface area contributed by atoms with Crippen LogP contribution in [0.15, 0.2) is 97.2 Å². The highest BCUT2D eigenvalue weighted by Crippen LogP contribution is 2.36. The van der Waals surface area contributed by atoms with Crippen LogP contribution < -0.4 is 11.2 Å². The monoisotopic (exact) mass is 514 g/mol. The van der Waals surface area contributed by atoms with Gasteiger partial charge in [0.2, 0.25) is 0 Å². The van der Waals surface area contributed by atoms with E-state index in [1.807, 2.05) is 59.3 Å². The summed E-state index contributed by atoms with van der Waals surface area (Å²) in [6.07, 6.45) is 1.70. The van der Waals surface area contributed by atoms with Crippen LogP contribution in [0.5, 0.6) is 0 Å². The predicted molar refractivity (Wildman–Crippen MR) is 147 cm³/mol. The molecule has 0 fully saturated rings. The molecule has 6 aromatic rings. The van der Waals surface area contributed by atoms with Crippen LogP contribution in [0.1, 0.15) is 5.56 Å². The van der Waals surface area contributed by atoms with Gasteiger partial charge < -0.3 is 4.42 Å². The molecular weight excluding hydrogens is 497 g/mol. The van der Waals surface area contributed by atoms with Crippen LogP contribution in [0.4, 0.5) is 0 Å². The molecule has 0 saturated heterocycles. The predicted octanol–water partition coefficient (Wildman–Crippen LogP) is 6.92. The Kier molecular flexibility index (Phi) is 5.64. The molecule has 0 saturated carbocycles. The number of thiophene rings is 2. The van der Waals surface area contributed by atoms with E-state index in [2.05, 4.69) is 6.58 Å². The van der Waals surface area contributed by atoms with Crippen molar-refractivity contribution < 1.29 is 4.42 Å². The Balaban J connectivity index is 1.47. The Morgan fingerprint density at radius 3 is 2.77 bits per heavy atom. The van der Waals surface area contributed by atoms with Gasteiger partial charge in [-0.1, -0.05) is 54.2 Å². The first kappa shape index (κ1) is 22.0. The van der Waals surface area contributed by atoms with E-state index in [4.69, 9.17) is 9.40 Å². The second kappa shape index (κ2) is 8.96. The first-order chi connectivity index (χ1) is 17.1. The van der Waals surface area contributed by atoms with E-state index in [9.17, 15) is 9.59 Å². The molecule has 8 heteroatoms. The van der Waals surface area contributed by atoms with Gasteiger partial charge >= 0.3 is 5.63 Å².